The lowest BCUT2D eigenvalue weighted by Crippen LogP contribution is -2.26. The van der Waals surface area contributed by atoms with Crippen LogP contribution in [0.1, 0.15) is 60.7 Å². The van der Waals surface area contributed by atoms with Crippen LogP contribution in [0.4, 0.5) is 0 Å². The summed E-state index contributed by atoms with van der Waals surface area (Å²) in [5, 5.41) is 15.7. The van der Waals surface area contributed by atoms with Crippen LogP contribution >= 0.6 is 0 Å². The average Bonchev–Trinajstić information content (AvgIpc) is 3.53. The summed E-state index contributed by atoms with van der Waals surface area (Å²) in [7, 11) is 1.62. The molecule has 0 atom stereocenters. The van der Waals surface area contributed by atoms with Crippen molar-refractivity contribution in [3.8, 4) is 11.5 Å². The van der Waals surface area contributed by atoms with E-state index in [-0.39, 0.29) is 17.6 Å². The summed E-state index contributed by atoms with van der Waals surface area (Å²) >= 11 is 0. The van der Waals surface area contributed by atoms with Crippen LogP contribution in [0.5, 0.6) is 11.5 Å². The third kappa shape index (κ3) is 9.22. The number of aromatic nitrogens is 2. The zero-order valence-electron chi connectivity index (χ0n) is 27.5. The van der Waals surface area contributed by atoms with Gasteiger partial charge in [-0.05, 0) is 83.0 Å². The highest BCUT2D eigenvalue weighted by Gasteiger charge is 2.13. The number of ether oxygens (including phenoxy) is 1. The molecule has 1 aromatic heterocycles. The molecule has 0 aliphatic heterocycles. The fourth-order valence-corrected chi connectivity index (χ4v) is 5.60. The van der Waals surface area contributed by atoms with Gasteiger partial charge in [0.05, 0.1) is 18.1 Å². The first-order chi connectivity index (χ1) is 23.4. The molecule has 1 heterocycles. The number of carbonyl (C=O) groups excluding carboxylic acids is 2. The molecule has 0 radical (unpaired) electrons. The van der Waals surface area contributed by atoms with E-state index in [1.165, 1.54) is 5.57 Å². The third-order valence-corrected chi connectivity index (χ3v) is 8.11. The first kappa shape index (κ1) is 33.7. The summed E-state index contributed by atoms with van der Waals surface area (Å²) in [6.07, 6.45) is 6.59. The Balaban J connectivity index is 1.06. The van der Waals surface area contributed by atoms with E-state index in [1.54, 1.807) is 31.4 Å². The van der Waals surface area contributed by atoms with Crippen LogP contribution in [0.15, 0.2) is 103 Å². The Hall–Kier alpha value is -5.63. The SMILES string of the molecule is CCC(=C(c1ccc(O)cc1)c1ccc(/C=C/C(=O)NCCCCNC(=O)CCc2nc3ccc(OC)cc3[nH]2)cc1)c1ccccc1. The lowest BCUT2D eigenvalue weighted by atomic mass is 9.88. The molecule has 0 aliphatic carbocycles. The van der Waals surface area contributed by atoms with E-state index in [0.717, 1.165) is 69.7 Å². The number of imidazole rings is 1. The standard InChI is InChI=1S/C40H42N4O4/c1-3-34(29-9-5-4-6-10-29)40(31-16-18-32(45)19-17-31)30-14-11-28(12-15-30)13-23-38(46)41-25-7-8-26-42-39(47)24-22-37-43-35-21-20-33(48-2)27-36(35)44-37/h4-6,9-21,23,27,45H,3,7-8,22,24-26H2,1-2H3,(H,41,46)(H,42,47)(H,43,44)/b23-13+,40-34?. The molecule has 0 unspecified atom stereocenters. The molecule has 246 valence electrons. The Morgan fingerprint density at radius 2 is 1.54 bits per heavy atom. The van der Waals surface area contributed by atoms with Gasteiger partial charge >= 0.3 is 0 Å². The number of aromatic hydroxyl groups is 1. The van der Waals surface area contributed by atoms with Crippen LogP contribution in [-0.4, -0.2) is 47.1 Å². The second-order valence-corrected chi connectivity index (χ2v) is 11.5. The summed E-state index contributed by atoms with van der Waals surface area (Å²) < 4.78 is 5.25. The predicted octanol–water partition coefficient (Wildman–Crippen LogP) is 7.30. The number of phenols is 1. The van der Waals surface area contributed by atoms with Gasteiger partial charge in [-0.25, -0.2) is 4.98 Å². The highest BCUT2D eigenvalue weighted by atomic mass is 16.5. The summed E-state index contributed by atoms with van der Waals surface area (Å²) in [4.78, 5) is 32.5. The Morgan fingerprint density at radius 3 is 2.23 bits per heavy atom. The molecule has 8 heteroatoms. The number of fused-ring (bicyclic) bond motifs is 1. The van der Waals surface area contributed by atoms with Gasteiger partial charge in [-0.2, -0.15) is 0 Å². The zero-order valence-corrected chi connectivity index (χ0v) is 27.5. The molecule has 0 saturated carbocycles. The fourth-order valence-electron chi connectivity index (χ4n) is 5.60. The van der Waals surface area contributed by atoms with Crippen LogP contribution in [0.25, 0.3) is 28.3 Å². The van der Waals surface area contributed by atoms with Crippen molar-refractivity contribution in [2.45, 2.75) is 39.0 Å². The maximum Gasteiger partial charge on any atom is 0.243 e. The van der Waals surface area contributed by atoms with Crippen molar-refractivity contribution in [1.82, 2.24) is 20.6 Å². The first-order valence-corrected chi connectivity index (χ1v) is 16.4. The van der Waals surface area contributed by atoms with Crippen LogP contribution in [0.2, 0.25) is 0 Å². The molecule has 8 nitrogen and oxygen atoms in total. The van der Waals surface area contributed by atoms with Gasteiger partial charge in [0.1, 0.15) is 17.3 Å². The lowest BCUT2D eigenvalue weighted by molar-refractivity contribution is -0.121. The van der Waals surface area contributed by atoms with E-state index in [0.29, 0.717) is 25.9 Å². The Kier molecular flexibility index (Phi) is 11.8. The number of amides is 2. The minimum absolute atomic E-state index is 0.0253. The number of nitrogens with zero attached hydrogens (tertiary/aromatic N) is 1. The minimum atomic E-state index is -0.159. The molecule has 5 rings (SSSR count). The summed E-state index contributed by atoms with van der Waals surface area (Å²) in [6, 6.07) is 31.4. The number of rotatable bonds is 15. The second kappa shape index (κ2) is 16.8. The van der Waals surface area contributed by atoms with Crippen LogP contribution in [0.3, 0.4) is 0 Å². The van der Waals surface area contributed by atoms with Gasteiger partial charge in [0, 0.05) is 38.1 Å². The number of methoxy groups -OCH3 is 1. The van der Waals surface area contributed by atoms with E-state index in [9.17, 15) is 14.7 Å². The molecule has 4 aromatic carbocycles. The quantitative estimate of drug-likeness (QED) is 0.0543. The summed E-state index contributed by atoms with van der Waals surface area (Å²) in [6.45, 7) is 3.23. The molecular weight excluding hydrogens is 600 g/mol. The molecule has 0 spiro atoms. The number of phenolic OH excluding ortho intramolecular Hbond substituents is 1. The molecule has 0 saturated heterocycles. The molecule has 0 bridgehead atoms. The van der Waals surface area contributed by atoms with E-state index in [1.807, 2.05) is 60.7 Å². The second-order valence-electron chi connectivity index (χ2n) is 11.5. The molecule has 48 heavy (non-hydrogen) atoms. The Morgan fingerprint density at radius 1 is 0.854 bits per heavy atom. The number of benzene rings is 4. The van der Waals surface area contributed by atoms with Crippen molar-refractivity contribution in [2.75, 3.05) is 20.2 Å². The van der Waals surface area contributed by atoms with Gasteiger partial charge in [0.2, 0.25) is 11.8 Å². The molecule has 4 N–H and O–H groups in total. The monoisotopic (exact) mass is 642 g/mol. The van der Waals surface area contributed by atoms with Crippen molar-refractivity contribution >= 4 is 40.1 Å². The predicted molar refractivity (Wildman–Crippen MR) is 192 cm³/mol. The average molecular weight is 643 g/mol. The maximum absolute atomic E-state index is 12.4. The number of unbranched alkanes of at least 4 members (excludes halogenated alkanes) is 1. The largest absolute Gasteiger partial charge is 0.508 e. The van der Waals surface area contributed by atoms with Gasteiger partial charge < -0.3 is 25.5 Å². The maximum atomic E-state index is 12.4. The molecule has 5 aromatic rings. The minimum Gasteiger partial charge on any atom is -0.508 e. The van der Waals surface area contributed by atoms with Crippen molar-refractivity contribution in [3.05, 3.63) is 131 Å². The number of aryl methyl sites for hydroxylation is 1. The van der Waals surface area contributed by atoms with Crippen molar-refractivity contribution in [1.29, 1.82) is 0 Å². The van der Waals surface area contributed by atoms with Gasteiger partial charge in [0.15, 0.2) is 0 Å². The number of H-pyrrole nitrogens is 1. The number of carbonyl (C=O) groups is 2. The number of nitrogens with one attached hydrogen (secondary N) is 3. The molecular formula is C40H42N4O4. The van der Waals surface area contributed by atoms with E-state index in [2.05, 4.69) is 51.8 Å². The van der Waals surface area contributed by atoms with Crippen molar-refractivity contribution in [3.63, 3.8) is 0 Å². The molecule has 0 fully saturated rings. The van der Waals surface area contributed by atoms with Gasteiger partial charge in [-0.15, -0.1) is 0 Å². The topological polar surface area (TPSA) is 116 Å². The van der Waals surface area contributed by atoms with Gasteiger partial charge in [-0.3, -0.25) is 9.59 Å². The molecule has 2 amide bonds. The zero-order chi connectivity index (χ0) is 33.7. The molecule has 0 aliphatic rings. The van der Waals surface area contributed by atoms with Crippen LogP contribution in [0, 0.1) is 0 Å². The number of allylic oxidation sites excluding steroid dienone is 1. The normalized spacial score (nSPS) is 11.8. The van der Waals surface area contributed by atoms with Gasteiger partial charge in [0.25, 0.3) is 0 Å². The fraction of sp³-hybridized carbons (Fsp3) is 0.225. The van der Waals surface area contributed by atoms with Crippen LogP contribution in [-0.2, 0) is 16.0 Å². The van der Waals surface area contributed by atoms with E-state index < -0.39 is 0 Å². The Bertz CT molecular complexity index is 1870. The van der Waals surface area contributed by atoms with Crippen molar-refractivity contribution < 1.29 is 19.4 Å². The lowest BCUT2D eigenvalue weighted by Gasteiger charge is -2.16. The summed E-state index contributed by atoms with van der Waals surface area (Å²) in [5.41, 5.74) is 8.23. The van der Waals surface area contributed by atoms with E-state index in [4.69, 9.17) is 4.74 Å². The highest BCUT2D eigenvalue weighted by molar-refractivity contribution is 5.99. The van der Waals surface area contributed by atoms with Crippen molar-refractivity contribution in [2.24, 2.45) is 0 Å². The number of hydrogen-bond acceptors (Lipinski definition) is 5. The summed E-state index contributed by atoms with van der Waals surface area (Å²) in [5.74, 6) is 1.57. The first-order valence-electron chi connectivity index (χ1n) is 16.4. The third-order valence-electron chi connectivity index (χ3n) is 8.11. The van der Waals surface area contributed by atoms with E-state index >= 15 is 0 Å². The van der Waals surface area contributed by atoms with Gasteiger partial charge in [-0.1, -0.05) is 73.7 Å². The highest BCUT2D eigenvalue weighted by Crippen LogP contribution is 2.35. The number of hydrogen-bond donors (Lipinski definition) is 4. The van der Waals surface area contributed by atoms with Crippen LogP contribution < -0.4 is 15.4 Å². The Labute approximate surface area is 281 Å². The smallest absolute Gasteiger partial charge is 0.243 e. The number of aromatic amines is 1.